The van der Waals surface area contributed by atoms with Gasteiger partial charge in [0.15, 0.2) is 0 Å². The van der Waals surface area contributed by atoms with E-state index in [1.54, 1.807) is 23.9 Å². The van der Waals surface area contributed by atoms with Gasteiger partial charge < -0.3 is 5.32 Å². The molecule has 19 heavy (non-hydrogen) atoms. The summed E-state index contributed by atoms with van der Waals surface area (Å²) in [6.45, 7) is 5.86. The predicted octanol–water partition coefficient (Wildman–Crippen LogP) is 2.62. The summed E-state index contributed by atoms with van der Waals surface area (Å²) in [5.41, 5.74) is 1.27. The van der Waals surface area contributed by atoms with Crippen molar-refractivity contribution in [1.82, 2.24) is 19.7 Å². The van der Waals surface area contributed by atoms with Gasteiger partial charge in [-0.2, -0.15) is 5.10 Å². The molecule has 98 valence electrons. The molecule has 0 saturated heterocycles. The van der Waals surface area contributed by atoms with Crippen LogP contribution in [-0.4, -0.2) is 26.3 Å². The molecule has 0 spiro atoms. The third-order valence-corrected chi connectivity index (χ3v) is 4.27. The van der Waals surface area contributed by atoms with Crippen LogP contribution in [0.4, 0.5) is 5.82 Å². The molecule has 6 heteroatoms. The molecule has 3 rings (SSSR count). The first-order chi connectivity index (χ1) is 9.25. The Morgan fingerprint density at radius 3 is 3.00 bits per heavy atom. The summed E-state index contributed by atoms with van der Waals surface area (Å²) in [5.74, 6) is 0.916. The molecule has 0 aliphatic rings. The fourth-order valence-electron chi connectivity index (χ4n) is 2.04. The van der Waals surface area contributed by atoms with Crippen LogP contribution < -0.4 is 5.32 Å². The van der Waals surface area contributed by atoms with E-state index in [1.165, 1.54) is 10.4 Å². The van der Waals surface area contributed by atoms with Gasteiger partial charge in [-0.1, -0.05) is 0 Å². The van der Waals surface area contributed by atoms with Crippen molar-refractivity contribution in [2.45, 2.75) is 20.4 Å². The average molecular weight is 273 g/mol. The number of hydrogen-bond donors (Lipinski definition) is 1. The molecule has 3 heterocycles. The Labute approximate surface area is 115 Å². The van der Waals surface area contributed by atoms with Crippen LogP contribution in [0.3, 0.4) is 0 Å². The molecule has 0 radical (unpaired) electrons. The summed E-state index contributed by atoms with van der Waals surface area (Å²) >= 11 is 1.72. The number of nitrogens with zero attached hydrogens (tertiary/aromatic N) is 4. The molecule has 0 aliphatic carbocycles. The molecular formula is C13H15N5S. The second-order valence-electron chi connectivity index (χ2n) is 4.38. The van der Waals surface area contributed by atoms with Crippen molar-refractivity contribution in [3.8, 4) is 0 Å². The number of thiophene rings is 1. The largest absolute Gasteiger partial charge is 0.368 e. The van der Waals surface area contributed by atoms with E-state index in [1.807, 2.05) is 16.9 Å². The van der Waals surface area contributed by atoms with Gasteiger partial charge in [-0.25, -0.2) is 9.97 Å². The number of nitrogens with one attached hydrogen (secondary N) is 1. The third kappa shape index (κ3) is 2.31. The molecular weight excluding hydrogens is 258 g/mol. The van der Waals surface area contributed by atoms with Crippen molar-refractivity contribution < 1.29 is 0 Å². The SMILES string of the molecule is Cc1sc2ncnc(NCCn3cccn3)c2c1C. The molecule has 3 aromatic rings. The van der Waals surface area contributed by atoms with Crippen molar-refractivity contribution in [3.63, 3.8) is 0 Å². The molecule has 5 nitrogen and oxygen atoms in total. The van der Waals surface area contributed by atoms with Crippen molar-refractivity contribution in [1.29, 1.82) is 0 Å². The molecule has 1 N–H and O–H groups in total. The highest BCUT2D eigenvalue weighted by molar-refractivity contribution is 7.18. The molecule has 0 amide bonds. The number of fused-ring (bicyclic) bond motifs is 1. The molecule has 3 aromatic heterocycles. The van der Waals surface area contributed by atoms with Crippen LogP contribution >= 0.6 is 11.3 Å². The number of aryl methyl sites for hydroxylation is 2. The van der Waals surface area contributed by atoms with Crippen LogP contribution in [0.15, 0.2) is 24.8 Å². The maximum absolute atomic E-state index is 4.35. The smallest absolute Gasteiger partial charge is 0.138 e. The van der Waals surface area contributed by atoms with Crippen LogP contribution in [0.5, 0.6) is 0 Å². The van der Waals surface area contributed by atoms with Crippen LogP contribution in [0, 0.1) is 13.8 Å². The lowest BCUT2D eigenvalue weighted by molar-refractivity contribution is 0.637. The number of hydrogen-bond acceptors (Lipinski definition) is 5. The number of anilines is 1. The van der Waals surface area contributed by atoms with Gasteiger partial charge in [0.05, 0.1) is 11.9 Å². The second-order valence-corrected chi connectivity index (χ2v) is 5.58. The van der Waals surface area contributed by atoms with Crippen LogP contribution in [0.25, 0.3) is 10.2 Å². The molecule has 0 aromatic carbocycles. The minimum Gasteiger partial charge on any atom is -0.368 e. The van der Waals surface area contributed by atoms with E-state index >= 15 is 0 Å². The Morgan fingerprint density at radius 2 is 2.21 bits per heavy atom. The summed E-state index contributed by atoms with van der Waals surface area (Å²) in [6.07, 6.45) is 5.36. The lowest BCUT2D eigenvalue weighted by Gasteiger charge is -2.07. The van der Waals surface area contributed by atoms with Crippen molar-refractivity contribution in [2.24, 2.45) is 0 Å². The van der Waals surface area contributed by atoms with Gasteiger partial charge >= 0.3 is 0 Å². The number of rotatable bonds is 4. The number of aromatic nitrogens is 4. The highest BCUT2D eigenvalue weighted by Crippen LogP contribution is 2.32. The summed E-state index contributed by atoms with van der Waals surface area (Å²) in [7, 11) is 0. The van der Waals surface area contributed by atoms with E-state index in [0.29, 0.717) is 0 Å². The van der Waals surface area contributed by atoms with E-state index < -0.39 is 0 Å². The standard InChI is InChI=1S/C13H15N5S/c1-9-10(2)19-13-11(9)12(15-8-16-13)14-5-7-18-6-3-4-17-18/h3-4,6,8H,5,7H2,1-2H3,(H,14,15,16). The zero-order chi connectivity index (χ0) is 13.2. The van der Waals surface area contributed by atoms with E-state index in [-0.39, 0.29) is 0 Å². The summed E-state index contributed by atoms with van der Waals surface area (Å²) in [6, 6.07) is 1.93. The quantitative estimate of drug-likeness (QED) is 0.794. The third-order valence-electron chi connectivity index (χ3n) is 3.16. The Bertz CT molecular complexity index is 686. The highest BCUT2D eigenvalue weighted by atomic mass is 32.1. The van der Waals surface area contributed by atoms with Gasteiger partial charge in [0.2, 0.25) is 0 Å². The van der Waals surface area contributed by atoms with Gasteiger partial charge in [0, 0.05) is 23.8 Å². The Morgan fingerprint density at radius 1 is 1.32 bits per heavy atom. The van der Waals surface area contributed by atoms with Gasteiger partial charge in [-0.3, -0.25) is 4.68 Å². The van der Waals surface area contributed by atoms with Gasteiger partial charge in [0.1, 0.15) is 17.0 Å². The van der Waals surface area contributed by atoms with Crippen molar-refractivity contribution >= 4 is 27.4 Å². The average Bonchev–Trinajstić information content (AvgIpc) is 3.00. The maximum Gasteiger partial charge on any atom is 0.138 e. The fraction of sp³-hybridized carbons (Fsp3) is 0.308. The molecule has 0 saturated carbocycles. The van der Waals surface area contributed by atoms with E-state index in [4.69, 9.17) is 0 Å². The predicted molar refractivity (Wildman–Crippen MR) is 77.6 cm³/mol. The Balaban J connectivity index is 1.80. The summed E-state index contributed by atoms with van der Waals surface area (Å²) in [5, 5.41) is 8.70. The maximum atomic E-state index is 4.35. The molecule has 0 fully saturated rings. The Kier molecular flexibility index (Phi) is 3.16. The molecule has 0 aliphatic heterocycles. The second kappa shape index (κ2) is 4.97. The summed E-state index contributed by atoms with van der Waals surface area (Å²) in [4.78, 5) is 11.0. The first-order valence-corrected chi connectivity index (χ1v) is 6.99. The zero-order valence-electron chi connectivity index (χ0n) is 10.9. The van der Waals surface area contributed by atoms with Gasteiger partial charge in [0.25, 0.3) is 0 Å². The first kappa shape index (κ1) is 12.1. The van der Waals surface area contributed by atoms with Gasteiger partial charge in [-0.15, -0.1) is 11.3 Å². The minimum atomic E-state index is 0.794. The molecule has 0 atom stereocenters. The van der Waals surface area contributed by atoms with Crippen molar-refractivity contribution in [2.75, 3.05) is 11.9 Å². The molecule has 0 unspecified atom stereocenters. The fourth-order valence-corrected chi connectivity index (χ4v) is 3.03. The lowest BCUT2D eigenvalue weighted by atomic mass is 10.2. The van der Waals surface area contributed by atoms with Crippen LogP contribution in [0.2, 0.25) is 0 Å². The van der Waals surface area contributed by atoms with E-state index in [2.05, 4.69) is 34.2 Å². The zero-order valence-corrected chi connectivity index (χ0v) is 11.7. The van der Waals surface area contributed by atoms with E-state index in [9.17, 15) is 0 Å². The van der Waals surface area contributed by atoms with Crippen LogP contribution in [-0.2, 0) is 6.54 Å². The minimum absolute atomic E-state index is 0.794. The lowest BCUT2D eigenvalue weighted by Crippen LogP contribution is -2.12. The van der Waals surface area contributed by atoms with Gasteiger partial charge in [-0.05, 0) is 25.5 Å². The normalized spacial score (nSPS) is 11.1. The first-order valence-electron chi connectivity index (χ1n) is 6.17. The molecule has 0 bridgehead atoms. The topological polar surface area (TPSA) is 55.6 Å². The Hall–Kier alpha value is -1.95. The van der Waals surface area contributed by atoms with Crippen molar-refractivity contribution in [3.05, 3.63) is 35.2 Å². The monoisotopic (exact) mass is 273 g/mol. The highest BCUT2D eigenvalue weighted by Gasteiger charge is 2.11. The van der Waals surface area contributed by atoms with Crippen LogP contribution in [0.1, 0.15) is 10.4 Å². The summed E-state index contributed by atoms with van der Waals surface area (Å²) < 4.78 is 1.90. The van der Waals surface area contributed by atoms with E-state index in [0.717, 1.165) is 29.1 Å².